The van der Waals surface area contributed by atoms with Gasteiger partial charge in [-0.1, -0.05) is 32.4 Å². The van der Waals surface area contributed by atoms with Crippen LogP contribution in [-0.4, -0.2) is 26.0 Å². The number of aromatic nitrogens is 4. The quantitative estimate of drug-likeness (QED) is 0.628. The molecule has 3 heterocycles. The lowest BCUT2D eigenvalue weighted by atomic mass is 9.70. The van der Waals surface area contributed by atoms with Crippen LogP contribution in [0.1, 0.15) is 40.0 Å². The van der Waals surface area contributed by atoms with Crippen molar-refractivity contribution in [3.05, 3.63) is 35.5 Å². The first-order valence-electron chi connectivity index (χ1n) is 9.23. The third-order valence-corrected chi connectivity index (χ3v) is 5.42. The molecule has 0 amide bonds. The van der Waals surface area contributed by atoms with E-state index in [0.29, 0.717) is 22.4 Å². The van der Waals surface area contributed by atoms with Gasteiger partial charge in [-0.05, 0) is 36.7 Å². The van der Waals surface area contributed by atoms with E-state index in [1.165, 1.54) is 12.6 Å². The zero-order chi connectivity index (χ0) is 19.2. The molecule has 0 unspecified atom stereocenters. The second kappa shape index (κ2) is 6.75. The number of aromatic amines is 1. The third-order valence-electron chi connectivity index (χ3n) is 5.21. The molecule has 1 fully saturated rings. The summed E-state index contributed by atoms with van der Waals surface area (Å²) in [6.07, 6.45) is 7.76. The van der Waals surface area contributed by atoms with E-state index >= 15 is 0 Å². The van der Waals surface area contributed by atoms with Gasteiger partial charge in [-0.2, -0.15) is 0 Å². The van der Waals surface area contributed by atoms with Crippen molar-refractivity contribution in [2.75, 3.05) is 5.32 Å². The molecule has 0 saturated heterocycles. The summed E-state index contributed by atoms with van der Waals surface area (Å²) >= 11 is 6.07. The average molecular weight is 388 g/mol. The van der Waals surface area contributed by atoms with Crippen LogP contribution in [0.3, 0.4) is 0 Å². The standard InChI is InChI=1S/C20H23ClFN5/c1-11-4-13(7-20(2,3)6-11)26-19-16(22)10-25-18(27-19)15-9-24-17-14(15)5-12(21)8-23-17/h5,8-11,13H,4,6-7H2,1-3H3,(H,23,24)(H,25,26,27)/t11-,13-/m1/s1. The van der Waals surface area contributed by atoms with Gasteiger partial charge in [0.2, 0.25) is 0 Å². The Morgan fingerprint density at radius 3 is 2.85 bits per heavy atom. The van der Waals surface area contributed by atoms with E-state index in [1.807, 2.05) is 0 Å². The summed E-state index contributed by atoms with van der Waals surface area (Å²) in [6.45, 7) is 6.78. The van der Waals surface area contributed by atoms with Gasteiger partial charge in [0.05, 0.1) is 11.2 Å². The number of halogens is 2. The highest BCUT2D eigenvalue weighted by Gasteiger charge is 2.32. The Bertz CT molecular complexity index is 984. The normalized spacial score (nSPS) is 22.1. The van der Waals surface area contributed by atoms with Gasteiger partial charge >= 0.3 is 0 Å². The Balaban J connectivity index is 1.66. The molecule has 1 aliphatic rings. The monoisotopic (exact) mass is 387 g/mol. The molecule has 0 aromatic carbocycles. The number of pyridine rings is 1. The summed E-state index contributed by atoms with van der Waals surface area (Å²) in [5.74, 6) is 0.847. The zero-order valence-corrected chi connectivity index (χ0v) is 16.4. The highest BCUT2D eigenvalue weighted by Crippen LogP contribution is 2.39. The minimum atomic E-state index is -0.439. The molecule has 1 saturated carbocycles. The highest BCUT2D eigenvalue weighted by atomic mass is 35.5. The smallest absolute Gasteiger partial charge is 0.183 e. The van der Waals surface area contributed by atoms with Crippen LogP contribution in [0.5, 0.6) is 0 Å². The fourth-order valence-corrected chi connectivity index (χ4v) is 4.57. The number of H-pyrrole nitrogens is 1. The minimum Gasteiger partial charge on any atom is -0.365 e. The van der Waals surface area contributed by atoms with Crippen LogP contribution in [0, 0.1) is 17.2 Å². The maximum absolute atomic E-state index is 14.4. The molecule has 4 rings (SSSR count). The SMILES string of the molecule is C[C@@H]1C[C@@H](Nc2nc(-c3c[nH]c4ncc(Cl)cc34)ncc2F)CC(C)(C)C1. The molecule has 0 radical (unpaired) electrons. The Hall–Kier alpha value is -2.21. The van der Waals surface area contributed by atoms with Gasteiger partial charge in [0.15, 0.2) is 17.5 Å². The highest BCUT2D eigenvalue weighted by molar-refractivity contribution is 6.31. The summed E-state index contributed by atoms with van der Waals surface area (Å²) in [7, 11) is 0. The molecule has 0 bridgehead atoms. The molecule has 0 aliphatic heterocycles. The Kier molecular flexibility index (Phi) is 4.54. The van der Waals surface area contributed by atoms with Crippen LogP contribution in [0.25, 0.3) is 22.4 Å². The molecule has 2 N–H and O–H groups in total. The summed E-state index contributed by atoms with van der Waals surface area (Å²) in [5, 5.41) is 4.66. The Morgan fingerprint density at radius 2 is 2.07 bits per heavy atom. The first-order valence-corrected chi connectivity index (χ1v) is 9.60. The van der Waals surface area contributed by atoms with Crippen molar-refractivity contribution in [2.45, 2.75) is 46.1 Å². The van der Waals surface area contributed by atoms with Gasteiger partial charge in [0, 0.05) is 29.4 Å². The number of anilines is 1. The predicted octanol–water partition coefficient (Wildman–Crippen LogP) is 5.44. The fourth-order valence-electron chi connectivity index (χ4n) is 4.41. The van der Waals surface area contributed by atoms with Crippen molar-refractivity contribution < 1.29 is 4.39 Å². The van der Waals surface area contributed by atoms with Gasteiger partial charge in [-0.15, -0.1) is 0 Å². The topological polar surface area (TPSA) is 66.5 Å². The molecule has 0 spiro atoms. The Labute approximate surface area is 162 Å². The van der Waals surface area contributed by atoms with Gasteiger partial charge < -0.3 is 10.3 Å². The van der Waals surface area contributed by atoms with Crippen LogP contribution in [0.15, 0.2) is 24.7 Å². The molecule has 2 atom stereocenters. The predicted molar refractivity (Wildman–Crippen MR) is 106 cm³/mol. The first kappa shape index (κ1) is 18.2. The Morgan fingerprint density at radius 1 is 1.26 bits per heavy atom. The van der Waals surface area contributed by atoms with E-state index in [9.17, 15) is 4.39 Å². The number of nitrogens with one attached hydrogen (secondary N) is 2. The number of hydrogen-bond donors (Lipinski definition) is 2. The molecule has 142 valence electrons. The number of fused-ring (bicyclic) bond motifs is 1. The van der Waals surface area contributed by atoms with E-state index in [1.54, 1.807) is 18.5 Å². The second-order valence-electron chi connectivity index (χ2n) is 8.40. The summed E-state index contributed by atoms with van der Waals surface area (Å²) in [5.41, 5.74) is 1.68. The fraction of sp³-hybridized carbons (Fsp3) is 0.450. The van der Waals surface area contributed by atoms with E-state index in [4.69, 9.17) is 11.6 Å². The molecule has 7 heteroatoms. The second-order valence-corrected chi connectivity index (χ2v) is 8.83. The van der Waals surface area contributed by atoms with Crippen LogP contribution in [-0.2, 0) is 0 Å². The first-order chi connectivity index (χ1) is 12.8. The summed E-state index contributed by atoms with van der Waals surface area (Å²) < 4.78 is 14.4. The van der Waals surface area contributed by atoms with Gasteiger partial charge in [-0.25, -0.2) is 19.3 Å². The summed E-state index contributed by atoms with van der Waals surface area (Å²) in [6, 6.07) is 2.00. The van der Waals surface area contributed by atoms with Crippen LogP contribution in [0.2, 0.25) is 5.02 Å². The van der Waals surface area contributed by atoms with Crippen molar-refractivity contribution in [3.8, 4) is 11.4 Å². The average Bonchev–Trinajstić information content (AvgIpc) is 2.98. The van der Waals surface area contributed by atoms with Crippen molar-refractivity contribution in [1.82, 2.24) is 19.9 Å². The summed E-state index contributed by atoms with van der Waals surface area (Å²) in [4.78, 5) is 16.0. The van der Waals surface area contributed by atoms with Crippen molar-refractivity contribution in [1.29, 1.82) is 0 Å². The molecular formula is C20H23ClFN5. The van der Waals surface area contributed by atoms with Gasteiger partial charge in [-0.3, -0.25) is 0 Å². The van der Waals surface area contributed by atoms with Gasteiger partial charge in [0.25, 0.3) is 0 Å². The zero-order valence-electron chi connectivity index (χ0n) is 15.7. The number of rotatable bonds is 3. The number of hydrogen-bond acceptors (Lipinski definition) is 4. The van der Waals surface area contributed by atoms with Crippen LogP contribution in [0.4, 0.5) is 10.2 Å². The van der Waals surface area contributed by atoms with Crippen molar-refractivity contribution >= 4 is 28.5 Å². The van der Waals surface area contributed by atoms with Crippen LogP contribution >= 0.6 is 11.6 Å². The van der Waals surface area contributed by atoms with E-state index in [0.717, 1.165) is 23.8 Å². The lowest BCUT2D eigenvalue weighted by Gasteiger charge is -2.39. The third kappa shape index (κ3) is 3.76. The molecule has 5 nitrogen and oxygen atoms in total. The van der Waals surface area contributed by atoms with Gasteiger partial charge in [0.1, 0.15) is 5.65 Å². The largest absolute Gasteiger partial charge is 0.365 e. The van der Waals surface area contributed by atoms with E-state index in [-0.39, 0.29) is 17.3 Å². The minimum absolute atomic E-state index is 0.195. The maximum Gasteiger partial charge on any atom is 0.183 e. The van der Waals surface area contributed by atoms with E-state index < -0.39 is 5.82 Å². The molecule has 27 heavy (non-hydrogen) atoms. The molecular weight excluding hydrogens is 365 g/mol. The van der Waals surface area contributed by atoms with Crippen molar-refractivity contribution in [2.24, 2.45) is 11.3 Å². The van der Waals surface area contributed by atoms with E-state index in [2.05, 4.69) is 46.0 Å². The number of nitrogens with zero attached hydrogens (tertiary/aromatic N) is 3. The lowest BCUT2D eigenvalue weighted by Crippen LogP contribution is -2.36. The van der Waals surface area contributed by atoms with Crippen LogP contribution < -0.4 is 5.32 Å². The molecule has 1 aliphatic carbocycles. The van der Waals surface area contributed by atoms with Crippen molar-refractivity contribution in [3.63, 3.8) is 0 Å². The maximum atomic E-state index is 14.4. The lowest BCUT2D eigenvalue weighted by molar-refractivity contribution is 0.177. The molecule has 3 aromatic rings. The molecule has 3 aromatic heterocycles.